The van der Waals surface area contributed by atoms with Crippen molar-refractivity contribution in [3.63, 3.8) is 0 Å². The molecule has 6 heteroatoms. The molecule has 1 aliphatic heterocycles. The number of pyridine rings is 1. The molecule has 0 aliphatic carbocycles. The molecule has 0 saturated carbocycles. The molecule has 5 nitrogen and oxygen atoms in total. The van der Waals surface area contributed by atoms with Gasteiger partial charge >= 0.3 is 0 Å². The molecule has 0 fully saturated rings. The second kappa shape index (κ2) is 13.4. The molecule has 0 spiro atoms. The van der Waals surface area contributed by atoms with Crippen LogP contribution in [0.3, 0.4) is 0 Å². The largest absolute Gasteiger partial charge is 0.509 e. The summed E-state index contributed by atoms with van der Waals surface area (Å²) in [4.78, 5) is 9.10. The summed E-state index contributed by atoms with van der Waals surface area (Å²) in [6.45, 7) is 22.1. The van der Waals surface area contributed by atoms with Crippen molar-refractivity contribution in [3.8, 4) is 17.3 Å². The fourth-order valence-electron chi connectivity index (χ4n) is 6.42. The molecular formula is C44H45N4OPt-3. The van der Waals surface area contributed by atoms with E-state index in [4.69, 9.17) is 9.72 Å². The number of nitrogens with zero attached hydrogens (tertiary/aromatic N) is 4. The Labute approximate surface area is 311 Å². The molecule has 0 radical (unpaired) electrons. The number of hydrogen-bond donors (Lipinski definition) is 0. The van der Waals surface area contributed by atoms with Gasteiger partial charge in [0.15, 0.2) is 0 Å². The molecule has 0 unspecified atom stereocenters. The summed E-state index contributed by atoms with van der Waals surface area (Å²) in [6.07, 6.45) is 6.07. The molecular weight excluding hydrogens is 796 g/mol. The van der Waals surface area contributed by atoms with Gasteiger partial charge in [0.05, 0.1) is 0 Å². The number of para-hydroxylation sites is 1. The minimum Gasteiger partial charge on any atom is -0.509 e. The van der Waals surface area contributed by atoms with Crippen LogP contribution < -0.4 is 14.5 Å². The summed E-state index contributed by atoms with van der Waals surface area (Å²) in [5.74, 6) is 2.63. The van der Waals surface area contributed by atoms with E-state index in [0.29, 0.717) is 17.4 Å². The Morgan fingerprint density at radius 3 is 2.20 bits per heavy atom. The number of ether oxygens (including phenoxy) is 1. The number of hydrogen-bond acceptors (Lipinski definition) is 4. The third kappa shape index (κ3) is 6.85. The Balaban J connectivity index is 0.00000432. The number of aryl methyl sites for hydroxylation is 1. The van der Waals surface area contributed by atoms with Crippen molar-refractivity contribution in [3.05, 3.63) is 139 Å². The number of anilines is 2. The van der Waals surface area contributed by atoms with Crippen LogP contribution in [0.25, 0.3) is 27.6 Å². The van der Waals surface area contributed by atoms with E-state index in [9.17, 15) is 0 Å². The van der Waals surface area contributed by atoms with Gasteiger partial charge in [0.2, 0.25) is 0 Å². The SMILES string of the molecule is Cc1cc(C(C)C)ccc1N1C=CN(c2[c-]c(Oc3[c-]c4c(cc3)c3ccccc3n4-c3cc(C(C)(C)C)ccn3)cc(C(C)(C)C)c2)[CH-]1.[Pt]. The van der Waals surface area contributed by atoms with Crippen molar-refractivity contribution in [1.82, 2.24) is 9.55 Å². The average molecular weight is 841 g/mol. The van der Waals surface area contributed by atoms with Crippen molar-refractivity contribution in [2.75, 3.05) is 9.80 Å². The second-order valence-electron chi connectivity index (χ2n) is 15.5. The van der Waals surface area contributed by atoms with Crippen LogP contribution in [-0.4, -0.2) is 9.55 Å². The Hall–Kier alpha value is -4.34. The first kappa shape index (κ1) is 35.5. The molecule has 7 rings (SSSR count). The van der Waals surface area contributed by atoms with E-state index in [2.05, 4.69) is 181 Å². The predicted molar refractivity (Wildman–Crippen MR) is 204 cm³/mol. The summed E-state index contributed by atoms with van der Waals surface area (Å²) in [6, 6.07) is 35.1. The maximum Gasteiger partial charge on any atom is 0.135 e. The molecule has 3 heterocycles. The Bertz CT molecular complexity index is 2220. The summed E-state index contributed by atoms with van der Waals surface area (Å²) >= 11 is 0. The molecule has 0 atom stereocenters. The second-order valence-corrected chi connectivity index (χ2v) is 15.5. The first-order chi connectivity index (χ1) is 23.3. The van der Waals surface area contributed by atoms with Crippen molar-refractivity contribution in [2.24, 2.45) is 0 Å². The van der Waals surface area contributed by atoms with E-state index in [1.807, 2.05) is 12.3 Å². The Kier molecular flexibility index (Phi) is 9.52. The van der Waals surface area contributed by atoms with Gasteiger partial charge in [-0.2, -0.15) is 6.07 Å². The van der Waals surface area contributed by atoms with E-state index in [0.717, 1.165) is 44.6 Å². The zero-order chi connectivity index (χ0) is 34.7. The van der Waals surface area contributed by atoms with Crippen molar-refractivity contribution in [2.45, 2.75) is 79.1 Å². The number of fused-ring (bicyclic) bond motifs is 3. The average Bonchev–Trinajstić information content (AvgIpc) is 3.67. The van der Waals surface area contributed by atoms with Crippen molar-refractivity contribution < 1.29 is 25.8 Å². The molecule has 2 aromatic heterocycles. The van der Waals surface area contributed by atoms with Crippen molar-refractivity contribution >= 4 is 33.2 Å². The van der Waals surface area contributed by atoms with Crippen LogP contribution in [0.2, 0.25) is 0 Å². The first-order valence-electron chi connectivity index (χ1n) is 17.1. The van der Waals surface area contributed by atoms with Crippen LogP contribution in [0.15, 0.2) is 97.5 Å². The molecule has 6 aromatic rings. The fourth-order valence-corrected chi connectivity index (χ4v) is 6.42. The van der Waals surface area contributed by atoms with E-state index >= 15 is 0 Å². The van der Waals surface area contributed by atoms with Gasteiger partial charge in [-0.05, 0) is 82.4 Å². The van der Waals surface area contributed by atoms with E-state index in [1.165, 1.54) is 16.7 Å². The zero-order valence-corrected chi connectivity index (χ0v) is 32.7. The monoisotopic (exact) mass is 840 g/mol. The molecule has 4 aromatic carbocycles. The van der Waals surface area contributed by atoms with E-state index in [-0.39, 0.29) is 31.9 Å². The predicted octanol–water partition coefficient (Wildman–Crippen LogP) is 11.5. The molecule has 0 saturated heterocycles. The van der Waals surface area contributed by atoms with Gasteiger partial charge in [-0.25, -0.2) is 4.98 Å². The van der Waals surface area contributed by atoms with Gasteiger partial charge in [0.25, 0.3) is 0 Å². The summed E-state index contributed by atoms with van der Waals surface area (Å²) in [5, 5.41) is 2.26. The van der Waals surface area contributed by atoms with E-state index < -0.39 is 0 Å². The summed E-state index contributed by atoms with van der Waals surface area (Å²) in [5.41, 5.74) is 8.96. The van der Waals surface area contributed by atoms with Crippen LogP contribution in [0, 0.1) is 25.7 Å². The van der Waals surface area contributed by atoms with Crippen LogP contribution in [-0.2, 0) is 31.9 Å². The Morgan fingerprint density at radius 1 is 0.740 bits per heavy atom. The van der Waals surface area contributed by atoms with Gasteiger partial charge in [0, 0.05) is 50.0 Å². The van der Waals surface area contributed by atoms with Crippen molar-refractivity contribution in [1.29, 1.82) is 0 Å². The number of rotatable bonds is 6. The summed E-state index contributed by atoms with van der Waals surface area (Å²) in [7, 11) is 0. The van der Waals surface area contributed by atoms with Gasteiger partial charge in [0.1, 0.15) is 5.82 Å². The first-order valence-corrected chi connectivity index (χ1v) is 17.1. The van der Waals surface area contributed by atoms with Gasteiger partial charge in [-0.1, -0.05) is 91.2 Å². The van der Waals surface area contributed by atoms with Crippen LogP contribution in [0.5, 0.6) is 11.5 Å². The van der Waals surface area contributed by atoms with Crippen LogP contribution in [0.4, 0.5) is 11.4 Å². The fraction of sp³-hybridized carbons (Fsp3) is 0.273. The van der Waals surface area contributed by atoms with Crippen LogP contribution >= 0.6 is 0 Å². The minimum absolute atomic E-state index is 0. The molecule has 0 bridgehead atoms. The minimum atomic E-state index is -0.0990. The molecule has 50 heavy (non-hydrogen) atoms. The third-order valence-electron chi connectivity index (χ3n) is 9.39. The van der Waals surface area contributed by atoms with Gasteiger partial charge in [-0.15, -0.1) is 53.6 Å². The molecule has 0 N–H and O–H groups in total. The van der Waals surface area contributed by atoms with Crippen LogP contribution in [0.1, 0.15) is 83.6 Å². The van der Waals surface area contributed by atoms with E-state index in [1.54, 1.807) is 0 Å². The smallest absolute Gasteiger partial charge is 0.135 e. The number of benzene rings is 4. The third-order valence-corrected chi connectivity index (χ3v) is 9.39. The topological polar surface area (TPSA) is 33.5 Å². The zero-order valence-electron chi connectivity index (χ0n) is 30.4. The van der Waals surface area contributed by atoms with Gasteiger partial charge < -0.3 is 19.1 Å². The molecule has 1 aliphatic rings. The quantitative estimate of drug-likeness (QED) is 0.156. The molecule has 260 valence electrons. The number of aromatic nitrogens is 2. The Morgan fingerprint density at radius 2 is 1.48 bits per heavy atom. The standard InChI is InChI=1S/C44H45N4O.Pt/c1-29(2)31-14-17-39(30(3)22-31)47-21-20-46(28-47)34-23-33(44(7,8)9)24-36(26-34)49-35-15-16-38-37-12-10-11-13-40(37)48(41(38)27-35)42-25-32(18-19-45-42)43(4,5)6;/h10-25,28-29H,1-9H3;/q-3;. The summed E-state index contributed by atoms with van der Waals surface area (Å²) < 4.78 is 8.83. The normalized spacial score (nSPS) is 13.5. The molecule has 0 amide bonds. The maximum absolute atomic E-state index is 6.63. The van der Waals surface area contributed by atoms with Gasteiger partial charge in [-0.3, -0.25) is 0 Å². The maximum atomic E-state index is 6.63.